The summed E-state index contributed by atoms with van der Waals surface area (Å²) in [6.45, 7) is 0. The van der Waals surface area contributed by atoms with Crippen LogP contribution in [-0.4, -0.2) is 29.1 Å². The van der Waals surface area contributed by atoms with E-state index in [-0.39, 0.29) is 11.0 Å². The number of esters is 1. The maximum atomic E-state index is 12.1. The van der Waals surface area contributed by atoms with Gasteiger partial charge in [0.15, 0.2) is 10.2 Å². The number of benzene rings is 2. The Balaban J connectivity index is 1.71. The molecule has 2 N–H and O–H groups in total. The molecular formula is C17H13N3O3S2. The van der Waals surface area contributed by atoms with Crippen molar-refractivity contribution in [2.75, 3.05) is 12.4 Å². The first kappa shape index (κ1) is 17.0. The maximum Gasteiger partial charge on any atom is 0.337 e. The van der Waals surface area contributed by atoms with Gasteiger partial charge >= 0.3 is 5.97 Å². The van der Waals surface area contributed by atoms with E-state index in [2.05, 4.69) is 15.6 Å². The number of rotatable bonds is 3. The SMILES string of the molecule is COC(=O)c1ccc2nc(NC(=S)NC(=O)c3ccccc3)sc2c1. The second-order valence-corrected chi connectivity index (χ2v) is 6.41. The summed E-state index contributed by atoms with van der Waals surface area (Å²) >= 11 is 6.47. The fraction of sp³-hybridized carbons (Fsp3) is 0.0588. The lowest BCUT2D eigenvalue weighted by Crippen LogP contribution is -2.34. The molecule has 0 aliphatic carbocycles. The van der Waals surface area contributed by atoms with E-state index in [0.717, 1.165) is 10.2 Å². The number of hydrogen-bond donors (Lipinski definition) is 2. The van der Waals surface area contributed by atoms with E-state index in [1.54, 1.807) is 42.5 Å². The summed E-state index contributed by atoms with van der Waals surface area (Å²) in [6, 6.07) is 13.9. The van der Waals surface area contributed by atoms with Crippen LogP contribution >= 0.6 is 23.6 Å². The van der Waals surface area contributed by atoms with Crippen molar-refractivity contribution < 1.29 is 14.3 Å². The molecule has 8 heteroatoms. The molecule has 2 aromatic carbocycles. The molecule has 1 aromatic heterocycles. The average Bonchev–Trinajstić information content (AvgIpc) is 3.02. The van der Waals surface area contributed by atoms with Crippen LogP contribution in [0.5, 0.6) is 0 Å². The molecule has 0 saturated carbocycles. The first-order valence-electron chi connectivity index (χ1n) is 7.23. The fourth-order valence-corrected chi connectivity index (χ4v) is 3.28. The highest BCUT2D eigenvalue weighted by Crippen LogP contribution is 2.27. The van der Waals surface area contributed by atoms with Crippen LogP contribution in [0.4, 0.5) is 5.13 Å². The smallest absolute Gasteiger partial charge is 0.337 e. The first-order chi connectivity index (χ1) is 12.1. The first-order valence-corrected chi connectivity index (χ1v) is 8.45. The molecule has 6 nitrogen and oxygen atoms in total. The van der Waals surface area contributed by atoms with Crippen molar-refractivity contribution in [3.63, 3.8) is 0 Å². The van der Waals surface area contributed by atoms with Gasteiger partial charge in [0, 0.05) is 5.56 Å². The van der Waals surface area contributed by atoms with E-state index in [0.29, 0.717) is 16.3 Å². The van der Waals surface area contributed by atoms with Gasteiger partial charge < -0.3 is 10.1 Å². The predicted octanol–water partition coefficient (Wildman–Crippen LogP) is 3.21. The lowest BCUT2D eigenvalue weighted by Gasteiger charge is -2.06. The van der Waals surface area contributed by atoms with Crippen LogP contribution in [0, 0.1) is 0 Å². The normalized spacial score (nSPS) is 10.3. The van der Waals surface area contributed by atoms with Crippen LogP contribution in [0.1, 0.15) is 20.7 Å². The number of aromatic nitrogens is 1. The molecule has 0 spiro atoms. The number of fused-ring (bicyclic) bond motifs is 1. The van der Waals surface area contributed by atoms with Crippen molar-refractivity contribution >= 4 is 55.9 Å². The number of nitrogens with zero attached hydrogens (tertiary/aromatic N) is 1. The van der Waals surface area contributed by atoms with Crippen LogP contribution in [0.25, 0.3) is 10.2 Å². The Morgan fingerprint density at radius 3 is 2.60 bits per heavy atom. The number of carbonyl (C=O) groups is 2. The van der Waals surface area contributed by atoms with Gasteiger partial charge in [0.1, 0.15) is 0 Å². The van der Waals surface area contributed by atoms with Gasteiger partial charge in [-0.1, -0.05) is 29.5 Å². The molecule has 126 valence electrons. The van der Waals surface area contributed by atoms with E-state index < -0.39 is 5.97 Å². The van der Waals surface area contributed by atoms with Crippen molar-refractivity contribution in [2.24, 2.45) is 0 Å². The topological polar surface area (TPSA) is 80.3 Å². The van der Waals surface area contributed by atoms with Crippen LogP contribution in [0.2, 0.25) is 0 Å². The minimum atomic E-state index is -0.407. The lowest BCUT2D eigenvalue weighted by atomic mass is 10.2. The van der Waals surface area contributed by atoms with Crippen LogP contribution < -0.4 is 10.6 Å². The summed E-state index contributed by atoms with van der Waals surface area (Å²) in [7, 11) is 1.33. The summed E-state index contributed by atoms with van der Waals surface area (Å²) < 4.78 is 5.51. The Kier molecular flexibility index (Phi) is 5.01. The number of anilines is 1. The molecule has 3 rings (SSSR count). The molecule has 0 saturated heterocycles. The highest BCUT2D eigenvalue weighted by Gasteiger charge is 2.12. The zero-order chi connectivity index (χ0) is 17.8. The third-order valence-electron chi connectivity index (χ3n) is 3.29. The number of amides is 1. The molecule has 0 bridgehead atoms. The quantitative estimate of drug-likeness (QED) is 0.544. The Labute approximate surface area is 152 Å². The number of thiazole rings is 1. The van der Waals surface area contributed by atoms with E-state index >= 15 is 0 Å². The van der Waals surface area contributed by atoms with Gasteiger partial charge in [0.2, 0.25) is 0 Å². The molecule has 0 aliphatic heterocycles. The van der Waals surface area contributed by atoms with Gasteiger partial charge in [-0.25, -0.2) is 9.78 Å². The third-order valence-corrected chi connectivity index (χ3v) is 4.43. The fourth-order valence-electron chi connectivity index (χ4n) is 2.12. The molecule has 0 unspecified atom stereocenters. The Bertz CT molecular complexity index is 954. The number of nitrogens with one attached hydrogen (secondary N) is 2. The molecule has 3 aromatic rings. The molecule has 25 heavy (non-hydrogen) atoms. The van der Waals surface area contributed by atoms with Crippen molar-refractivity contribution in [1.29, 1.82) is 0 Å². The van der Waals surface area contributed by atoms with E-state index in [1.165, 1.54) is 18.4 Å². The lowest BCUT2D eigenvalue weighted by molar-refractivity contribution is 0.0601. The number of thiocarbonyl (C=S) groups is 1. The third kappa shape index (κ3) is 3.98. The van der Waals surface area contributed by atoms with Gasteiger partial charge in [0.25, 0.3) is 5.91 Å². The summed E-state index contributed by atoms with van der Waals surface area (Å²) in [4.78, 5) is 28.0. The Morgan fingerprint density at radius 1 is 1.12 bits per heavy atom. The minimum absolute atomic E-state index is 0.154. The van der Waals surface area contributed by atoms with Crippen molar-refractivity contribution in [2.45, 2.75) is 0 Å². The molecule has 0 fully saturated rings. The van der Waals surface area contributed by atoms with Crippen molar-refractivity contribution in [3.05, 3.63) is 59.7 Å². The minimum Gasteiger partial charge on any atom is -0.465 e. The van der Waals surface area contributed by atoms with Crippen LogP contribution in [0.15, 0.2) is 48.5 Å². The monoisotopic (exact) mass is 371 g/mol. The van der Waals surface area contributed by atoms with Crippen LogP contribution in [-0.2, 0) is 4.74 Å². The van der Waals surface area contributed by atoms with Gasteiger partial charge in [-0.3, -0.25) is 10.1 Å². The van der Waals surface area contributed by atoms with Crippen molar-refractivity contribution in [3.8, 4) is 0 Å². The van der Waals surface area contributed by atoms with E-state index in [4.69, 9.17) is 17.0 Å². The second kappa shape index (κ2) is 7.37. The second-order valence-electron chi connectivity index (χ2n) is 4.97. The highest BCUT2D eigenvalue weighted by atomic mass is 32.1. The zero-order valence-corrected chi connectivity index (χ0v) is 14.7. The van der Waals surface area contributed by atoms with E-state index in [9.17, 15) is 9.59 Å². The Hall–Kier alpha value is -2.84. The molecule has 0 radical (unpaired) electrons. The average molecular weight is 371 g/mol. The largest absolute Gasteiger partial charge is 0.465 e. The molecule has 0 atom stereocenters. The molecular weight excluding hydrogens is 358 g/mol. The number of carbonyl (C=O) groups excluding carboxylic acids is 2. The summed E-state index contributed by atoms with van der Waals surface area (Å²) in [5, 5.41) is 6.16. The summed E-state index contributed by atoms with van der Waals surface area (Å²) in [5.41, 5.74) is 1.68. The van der Waals surface area contributed by atoms with Gasteiger partial charge in [-0.05, 0) is 42.5 Å². The van der Waals surface area contributed by atoms with Gasteiger partial charge in [0.05, 0.1) is 22.9 Å². The van der Waals surface area contributed by atoms with Gasteiger partial charge in [-0.2, -0.15) is 0 Å². The highest BCUT2D eigenvalue weighted by molar-refractivity contribution is 7.80. The molecule has 0 aliphatic rings. The Morgan fingerprint density at radius 2 is 1.88 bits per heavy atom. The number of ether oxygens (including phenoxy) is 1. The maximum absolute atomic E-state index is 12.1. The van der Waals surface area contributed by atoms with Crippen LogP contribution in [0.3, 0.4) is 0 Å². The van der Waals surface area contributed by atoms with Gasteiger partial charge in [-0.15, -0.1) is 0 Å². The number of methoxy groups -OCH3 is 1. The van der Waals surface area contributed by atoms with E-state index in [1.807, 2.05) is 6.07 Å². The van der Waals surface area contributed by atoms with Crippen molar-refractivity contribution in [1.82, 2.24) is 10.3 Å². The molecule has 1 amide bonds. The number of hydrogen-bond acceptors (Lipinski definition) is 6. The molecule has 1 heterocycles. The predicted molar refractivity (Wildman–Crippen MR) is 101 cm³/mol. The summed E-state index contributed by atoms with van der Waals surface area (Å²) in [5.74, 6) is -0.706. The summed E-state index contributed by atoms with van der Waals surface area (Å²) in [6.07, 6.45) is 0. The zero-order valence-electron chi connectivity index (χ0n) is 13.1. The standard InChI is InChI=1S/C17H13N3O3S2/c1-23-15(22)11-7-8-12-13(9-11)25-17(18-12)20-16(24)19-14(21)10-5-3-2-4-6-10/h2-9H,1H3,(H2,18,19,20,21,24).